The molecule has 0 spiro atoms. The van der Waals surface area contributed by atoms with E-state index in [9.17, 15) is 4.79 Å². The smallest absolute Gasteiger partial charge is 0.318 e. The lowest BCUT2D eigenvalue weighted by atomic mass is 10.0. The Balaban J connectivity index is 1.66. The Bertz CT molecular complexity index is 720. The molecule has 2 N–H and O–H groups in total. The molecule has 1 saturated heterocycles. The molecule has 1 aliphatic rings. The Morgan fingerprint density at radius 2 is 2.24 bits per heavy atom. The SMILES string of the molecule is Cc1nn(C)c(C)c1C[C@H](C)NC(=O)N1CCCC[C@H]1c1ncc[nH]1. The molecule has 2 amide bonds. The van der Waals surface area contributed by atoms with Crippen molar-refractivity contribution < 1.29 is 4.79 Å². The Kier molecular flexibility index (Phi) is 5.11. The van der Waals surface area contributed by atoms with Crippen molar-refractivity contribution in [1.29, 1.82) is 0 Å². The highest BCUT2D eigenvalue weighted by Crippen LogP contribution is 2.28. The summed E-state index contributed by atoms with van der Waals surface area (Å²) in [6, 6.07) is 0.0823. The number of aromatic nitrogens is 4. The third-order valence-corrected chi connectivity index (χ3v) is 5.14. The molecular weight excluding hydrogens is 316 g/mol. The molecule has 0 aromatic carbocycles. The van der Waals surface area contributed by atoms with Crippen molar-refractivity contribution in [1.82, 2.24) is 30.0 Å². The fourth-order valence-electron chi connectivity index (χ4n) is 3.68. The largest absolute Gasteiger partial charge is 0.347 e. The normalized spacial score (nSPS) is 19.0. The summed E-state index contributed by atoms with van der Waals surface area (Å²) in [6.07, 6.45) is 7.47. The number of urea groups is 1. The van der Waals surface area contributed by atoms with Crippen molar-refractivity contribution >= 4 is 6.03 Å². The fourth-order valence-corrected chi connectivity index (χ4v) is 3.68. The van der Waals surface area contributed by atoms with Gasteiger partial charge in [-0.1, -0.05) is 0 Å². The molecule has 0 unspecified atom stereocenters. The molecule has 3 heterocycles. The monoisotopic (exact) mass is 344 g/mol. The van der Waals surface area contributed by atoms with E-state index in [4.69, 9.17) is 0 Å². The second-order valence-corrected chi connectivity index (χ2v) is 7.01. The first-order valence-corrected chi connectivity index (χ1v) is 9.03. The summed E-state index contributed by atoms with van der Waals surface area (Å²) in [4.78, 5) is 22.3. The van der Waals surface area contributed by atoms with Crippen molar-refractivity contribution in [2.24, 2.45) is 7.05 Å². The summed E-state index contributed by atoms with van der Waals surface area (Å²) in [5.41, 5.74) is 3.41. The number of aromatic amines is 1. The number of nitrogens with zero attached hydrogens (tertiary/aromatic N) is 4. The number of hydrogen-bond donors (Lipinski definition) is 2. The van der Waals surface area contributed by atoms with Gasteiger partial charge < -0.3 is 15.2 Å². The first-order valence-electron chi connectivity index (χ1n) is 9.03. The van der Waals surface area contributed by atoms with Gasteiger partial charge in [0.05, 0.1) is 11.7 Å². The summed E-state index contributed by atoms with van der Waals surface area (Å²) < 4.78 is 1.90. The van der Waals surface area contributed by atoms with Crippen LogP contribution in [0.1, 0.15) is 55.0 Å². The second-order valence-electron chi connectivity index (χ2n) is 7.01. The minimum atomic E-state index is -0.00667. The van der Waals surface area contributed by atoms with Gasteiger partial charge in [0.2, 0.25) is 0 Å². The van der Waals surface area contributed by atoms with Crippen LogP contribution in [0.25, 0.3) is 0 Å². The number of amides is 2. The number of likely N-dealkylation sites (tertiary alicyclic amines) is 1. The Morgan fingerprint density at radius 1 is 1.44 bits per heavy atom. The maximum atomic E-state index is 12.8. The lowest BCUT2D eigenvalue weighted by Gasteiger charge is -2.35. The number of aryl methyl sites for hydroxylation is 2. The second kappa shape index (κ2) is 7.29. The fraction of sp³-hybridized carbons (Fsp3) is 0.611. The molecule has 0 bridgehead atoms. The highest BCUT2D eigenvalue weighted by Gasteiger charge is 2.30. The predicted molar refractivity (Wildman–Crippen MR) is 96.3 cm³/mol. The van der Waals surface area contributed by atoms with Gasteiger partial charge in [0.25, 0.3) is 0 Å². The third kappa shape index (κ3) is 3.70. The van der Waals surface area contributed by atoms with E-state index < -0.39 is 0 Å². The molecule has 2 atom stereocenters. The number of imidazole rings is 1. The van der Waals surface area contributed by atoms with Crippen LogP contribution in [-0.4, -0.2) is 43.3 Å². The number of hydrogen-bond acceptors (Lipinski definition) is 3. The van der Waals surface area contributed by atoms with Crippen LogP contribution >= 0.6 is 0 Å². The average Bonchev–Trinajstić information content (AvgIpc) is 3.20. The van der Waals surface area contributed by atoms with Gasteiger partial charge in [-0.2, -0.15) is 5.10 Å². The van der Waals surface area contributed by atoms with Gasteiger partial charge in [-0.25, -0.2) is 9.78 Å². The Morgan fingerprint density at radius 3 is 2.88 bits per heavy atom. The van der Waals surface area contributed by atoms with Crippen LogP contribution in [0, 0.1) is 13.8 Å². The number of H-pyrrole nitrogens is 1. The molecule has 0 radical (unpaired) electrons. The number of carbonyl (C=O) groups is 1. The van der Waals surface area contributed by atoms with Crippen LogP contribution in [0.3, 0.4) is 0 Å². The molecule has 7 nitrogen and oxygen atoms in total. The predicted octanol–water partition coefficient (Wildman–Crippen LogP) is 2.63. The summed E-state index contributed by atoms with van der Waals surface area (Å²) >= 11 is 0. The first-order chi connectivity index (χ1) is 12.0. The average molecular weight is 344 g/mol. The van der Waals surface area contributed by atoms with E-state index in [0.717, 1.165) is 49.4 Å². The lowest BCUT2D eigenvalue weighted by Crippen LogP contribution is -2.48. The summed E-state index contributed by atoms with van der Waals surface area (Å²) in [7, 11) is 1.96. The van der Waals surface area contributed by atoms with Crippen molar-refractivity contribution in [2.45, 2.75) is 58.5 Å². The van der Waals surface area contributed by atoms with E-state index in [1.165, 1.54) is 5.56 Å². The zero-order chi connectivity index (χ0) is 18.0. The number of rotatable bonds is 4. The zero-order valence-electron chi connectivity index (χ0n) is 15.5. The molecule has 25 heavy (non-hydrogen) atoms. The van der Waals surface area contributed by atoms with Crippen molar-refractivity contribution in [3.8, 4) is 0 Å². The summed E-state index contributed by atoms with van der Waals surface area (Å²) in [6.45, 7) is 6.92. The van der Waals surface area contributed by atoms with Gasteiger partial charge in [-0.3, -0.25) is 4.68 Å². The zero-order valence-corrected chi connectivity index (χ0v) is 15.5. The number of nitrogens with one attached hydrogen (secondary N) is 2. The van der Waals surface area contributed by atoms with Crippen LogP contribution < -0.4 is 5.32 Å². The van der Waals surface area contributed by atoms with Gasteiger partial charge in [0.15, 0.2) is 0 Å². The molecule has 2 aromatic rings. The van der Waals surface area contributed by atoms with Crippen LogP contribution in [0.5, 0.6) is 0 Å². The highest BCUT2D eigenvalue weighted by molar-refractivity contribution is 5.75. The number of carbonyl (C=O) groups excluding carboxylic acids is 1. The summed E-state index contributed by atoms with van der Waals surface area (Å²) in [5, 5.41) is 7.62. The minimum absolute atomic E-state index is 0.00667. The van der Waals surface area contributed by atoms with Crippen molar-refractivity contribution in [2.75, 3.05) is 6.54 Å². The van der Waals surface area contributed by atoms with E-state index in [2.05, 4.69) is 34.2 Å². The van der Waals surface area contributed by atoms with Gasteiger partial charge in [0.1, 0.15) is 5.82 Å². The van der Waals surface area contributed by atoms with Gasteiger partial charge in [-0.15, -0.1) is 0 Å². The van der Waals surface area contributed by atoms with Gasteiger partial charge in [0, 0.05) is 37.7 Å². The maximum absolute atomic E-state index is 12.8. The van der Waals surface area contributed by atoms with Gasteiger partial charge >= 0.3 is 6.03 Å². The molecule has 0 saturated carbocycles. The van der Waals surface area contributed by atoms with Crippen molar-refractivity contribution in [3.63, 3.8) is 0 Å². The molecule has 1 fully saturated rings. The van der Waals surface area contributed by atoms with Crippen LogP contribution in [0.15, 0.2) is 12.4 Å². The van der Waals surface area contributed by atoms with Crippen molar-refractivity contribution in [3.05, 3.63) is 35.2 Å². The quantitative estimate of drug-likeness (QED) is 0.895. The van der Waals surface area contributed by atoms with E-state index in [1.54, 1.807) is 6.20 Å². The molecule has 3 rings (SSSR count). The minimum Gasteiger partial charge on any atom is -0.347 e. The first kappa shape index (κ1) is 17.5. The lowest BCUT2D eigenvalue weighted by molar-refractivity contribution is 0.145. The molecule has 1 aliphatic heterocycles. The topological polar surface area (TPSA) is 78.8 Å². The molecule has 2 aromatic heterocycles. The highest BCUT2D eigenvalue weighted by atomic mass is 16.2. The van der Waals surface area contributed by atoms with E-state index in [0.29, 0.717) is 0 Å². The van der Waals surface area contributed by atoms with E-state index >= 15 is 0 Å². The maximum Gasteiger partial charge on any atom is 0.318 e. The van der Waals surface area contributed by atoms with Gasteiger partial charge in [-0.05, 0) is 52.0 Å². The van der Waals surface area contributed by atoms with E-state index in [-0.39, 0.29) is 18.1 Å². The Hall–Kier alpha value is -2.31. The van der Waals surface area contributed by atoms with Crippen LogP contribution in [-0.2, 0) is 13.5 Å². The third-order valence-electron chi connectivity index (χ3n) is 5.14. The molecule has 136 valence electrons. The van der Waals surface area contributed by atoms with Crippen LogP contribution in [0.4, 0.5) is 4.79 Å². The number of piperidine rings is 1. The van der Waals surface area contributed by atoms with Crippen LogP contribution in [0.2, 0.25) is 0 Å². The van der Waals surface area contributed by atoms with E-state index in [1.807, 2.05) is 29.7 Å². The molecular formula is C18H28N6O. The standard InChI is InChI=1S/C18H28N6O/c1-12(11-15-13(2)22-23(4)14(15)3)21-18(25)24-10-6-5-7-16(24)17-19-8-9-20-17/h8-9,12,16H,5-7,10-11H2,1-4H3,(H,19,20)(H,21,25)/t12-,16-/m0/s1. The molecule has 0 aliphatic carbocycles. The Labute approximate surface area is 148 Å². The molecule has 7 heteroatoms. The summed E-state index contributed by atoms with van der Waals surface area (Å²) in [5.74, 6) is 0.876.